The Morgan fingerprint density at radius 1 is 1.20 bits per heavy atom. The van der Waals surface area contributed by atoms with Crippen LogP contribution in [0.3, 0.4) is 0 Å². The van der Waals surface area contributed by atoms with Crippen LogP contribution in [0.4, 0.5) is 0 Å². The lowest BCUT2D eigenvalue weighted by Crippen LogP contribution is -2.07. The molecule has 0 fully saturated rings. The highest BCUT2D eigenvalue weighted by Gasteiger charge is 2.25. The second-order valence-electron chi connectivity index (χ2n) is 5.52. The Morgan fingerprint density at radius 2 is 1.80 bits per heavy atom. The molecule has 0 saturated heterocycles. The Labute approximate surface area is 145 Å². The predicted molar refractivity (Wildman–Crippen MR) is 92.9 cm³/mol. The van der Waals surface area contributed by atoms with Gasteiger partial charge in [0.05, 0.1) is 5.56 Å². The van der Waals surface area contributed by atoms with Crippen molar-refractivity contribution in [1.29, 1.82) is 5.26 Å². The molecule has 0 bridgehead atoms. The molecule has 0 atom stereocenters. The highest BCUT2D eigenvalue weighted by atomic mass is 16.4. The van der Waals surface area contributed by atoms with Gasteiger partial charge in [0.1, 0.15) is 11.8 Å². The summed E-state index contributed by atoms with van der Waals surface area (Å²) in [5.74, 6) is -0.459. The van der Waals surface area contributed by atoms with Crippen molar-refractivity contribution in [2.24, 2.45) is 7.05 Å². The molecule has 0 amide bonds. The van der Waals surface area contributed by atoms with Crippen molar-refractivity contribution in [2.75, 3.05) is 0 Å². The summed E-state index contributed by atoms with van der Waals surface area (Å²) in [5.41, 5.74) is 3.21. The molecule has 3 aromatic rings. The predicted octanol–water partition coefficient (Wildman–Crippen LogP) is 3.28. The zero-order valence-electron chi connectivity index (χ0n) is 13.9. The summed E-state index contributed by atoms with van der Waals surface area (Å²) in [4.78, 5) is 20.2. The second-order valence-corrected chi connectivity index (χ2v) is 5.52. The van der Waals surface area contributed by atoms with Crippen LogP contribution in [0.25, 0.3) is 22.5 Å². The van der Waals surface area contributed by atoms with Crippen molar-refractivity contribution in [3.63, 3.8) is 0 Å². The average molecular weight is 332 g/mol. The van der Waals surface area contributed by atoms with E-state index in [-0.39, 0.29) is 5.69 Å². The normalized spacial score (nSPS) is 10.4. The fraction of sp³-hybridized carbons (Fsp3) is 0.158. The third-order valence-corrected chi connectivity index (χ3v) is 4.16. The Morgan fingerprint density at radius 3 is 2.32 bits per heavy atom. The largest absolute Gasteiger partial charge is 0.477 e. The molecule has 6 heteroatoms. The molecule has 2 aromatic heterocycles. The summed E-state index contributed by atoms with van der Waals surface area (Å²) in [7, 11) is 1.68. The summed E-state index contributed by atoms with van der Waals surface area (Å²) in [6, 6.07) is 11.2. The number of nitriles is 1. The first kappa shape index (κ1) is 16.4. The molecule has 0 aliphatic rings. The maximum atomic E-state index is 11.8. The molecule has 0 spiro atoms. The molecule has 25 heavy (non-hydrogen) atoms. The van der Waals surface area contributed by atoms with Gasteiger partial charge < -0.3 is 9.67 Å². The molecular formula is C19H16N4O2. The number of carboxylic acid groups (broad SMARTS) is 1. The van der Waals surface area contributed by atoms with Crippen LogP contribution >= 0.6 is 0 Å². The SMILES string of the molecule is CCc1c(C#N)c(-c2ccc(-c3ncccn3)cc2)c(C(=O)O)n1C. The van der Waals surface area contributed by atoms with Gasteiger partial charge in [-0.25, -0.2) is 14.8 Å². The molecule has 0 saturated carbocycles. The monoisotopic (exact) mass is 332 g/mol. The quantitative estimate of drug-likeness (QED) is 0.791. The first-order valence-electron chi connectivity index (χ1n) is 7.81. The zero-order chi connectivity index (χ0) is 18.0. The second kappa shape index (κ2) is 6.57. The van der Waals surface area contributed by atoms with E-state index in [0.717, 1.165) is 5.56 Å². The molecule has 6 nitrogen and oxygen atoms in total. The molecule has 3 rings (SSSR count). The average Bonchev–Trinajstić information content (AvgIpc) is 2.94. The number of carboxylic acids is 1. The van der Waals surface area contributed by atoms with Crippen molar-refractivity contribution >= 4 is 5.97 Å². The Kier molecular flexibility index (Phi) is 4.31. The van der Waals surface area contributed by atoms with Gasteiger partial charge in [-0.15, -0.1) is 0 Å². The molecule has 0 radical (unpaired) electrons. The van der Waals surface area contributed by atoms with Crippen molar-refractivity contribution in [2.45, 2.75) is 13.3 Å². The van der Waals surface area contributed by atoms with E-state index in [1.807, 2.05) is 19.1 Å². The molecule has 0 aliphatic carbocycles. The topological polar surface area (TPSA) is 91.8 Å². The summed E-state index contributed by atoms with van der Waals surface area (Å²) in [6.45, 7) is 1.90. The Balaban J connectivity index is 2.17. The number of aromatic carboxylic acids is 1. The summed E-state index contributed by atoms with van der Waals surface area (Å²) in [6.07, 6.45) is 3.91. The lowest BCUT2D eigenvalue weighted by atomic mass is 9.99. The van der Waals surface area contributed by atoms with E-state index in [1.54, 1.807) is 42.2 Å². The third-order valence-electron chi connectivity index (χ3n) is 4.16. The zero-order valence-corrected chi connectivity index (χ0v) is 13.9. The number of benzene rings is 1. The van der Waals surface area contributed by atoms with Gasteiger partial charge in [-0.05, 0) is 18.1 Å². The van der Waals surface area contributed by atoms with Crippen molar-refractivity contribution in [3.05, 3.63) is 59.7 Å². The van der Waals surface area contributed by atoms with Crippen molar-refractivity contribution in [3.8, 4) is 28.6 Å². The van der Waals surface area contributed by atoms with Crippen LogP contribution in [-0.2, 0) is 13.5 Å². The summed E-state index contributed by atoms with van der Waals surface area (Å²) in [5, 5.41) is 19.2. The maximum Gasteiger partial charge on any atom is 0.353 e. The van der Waals surface area contributed by atoms with Crippen LogP contribution in [0.2, 0.25) is 0 Å². The van der Waals surface area contributed by atoms with Gasteiger partial charge >= 0.3 is 5.97 Å². The van der Waals surface area contributed by atoms with E-state index in [2.05, 4.69) is 16.0 Å². The van der Waals surface area contributed by atoms with Gasteiger partial charge in [-0.3, -0.25) is 0 Å². The van der Waals surface area contributed by atoms with E-state index in [0.29, 0.717) is 34.6 Å². The molecule has 2 heterocycles. The van der Waals surface area contributed by atoms with Crippen LogP contribution in [0.1, 0.15) is 28.7 Å². The van der Waals surface area contributed by atoms with Gasteiger partial charge in [0.2, 0.25) is 0 Å². The van der Waals surface area contributed by atoms with Crippen LogP contribution in [0.5, 0.6) is 0 Å². The Bertz CT molecular complexity index is 967. The van der Waals surface area contributed by atoms with Crippen molar-refractivity contribution in [1.82, 2.24) is 14.5 Å². The maximum absolute atomic E-state index is 11.8. The number of hydrogen-bond acceptors (Lipinski definition) is 4. The highest BCUT2D eigenvalue weighted by molar-refractivity contribution is 5.97. The molecule has 1 aromatic carbocycles. The molecular weight excluding hydrogens is 316 g/mol. The van der Waals surface area contributed by atoms with Gasteiger partial charge in [0.25, 0.3) is 0 Å². The van der Waals surface area contributed by atoms with Crippen LogP contribution in [-0.4, -0.2) is 25.6 Å². The lowest BCUT2D eigenvalue weighted by Gasteiger charge is -2.05. The van der Waals surface area contributed by atoms with Crippen LogP contribution in [0.15, 0.2) is 42.7 Å². The number of carbonyl (C=O) groups is 1. The van der Waals surface area contributed by atoms with E-state index < -0.39 is 5.97 Å². The number of aromatic nitrogens is 3. The van der Waals surface area contributed by atoms with Gasteiger partial charge in [-0.2, -0.15) is 5.26 Å². The van der Waals surface area contributed by atoms with E-state index in [1.165, 1.54) is 0 Å². The minimum absolute atomic E-state index is 0.122. The fourth-order valence-electron chi connectivity index (χ4n) is 3.03. The fourth-order valence-corrected chi connectivity index (χ4v) is 3.03. The first-order chi connectivity index (χ1) is 12.1. The first-order valence-corrected chi connectivity index (χ1v) is 7.81. The van der Waals surface area contributed by atoms with E-state index in [4.69, 9.17) is 0 Å². The van der Waals surface area contributed by atoms with E-state index >= 15 is 0 Å². The number of hydrogen-bond donors (Lipinski definition) is 1. The van der Waals surface area contributed by atoms with Gasteiger partial charge in [-0.1, -0.05) is 31.2 Å². The van der Waals surface area contributed by atoms with Crippen LogP contribution < -0.4 is 0 Å². The third kappa shape index (κ3) is 2.76. The minimum Gasteiger partial charge on any atom is -0.477 e. The number of nitrogens with zero attached hydrogens (tertiary/aromatic N) is 4. The number of rotatable bonds is 4. The van der Waals surface area contributed by atoms with E-state index in [9.17, 15) is 15.2 Å². The van der Waals surface area contributed by atoms with Crippen molar-refractivity contribution < 1.29 is 9.90 Å². The Hall–Kier alpha value is -3.46. The van der Waals surface area contributed by atoms with Gasteiger partial charge in [0, 0.05) is 36.3 Å². The van der Waals surface area contributed by atoms with Gasteiger partial charge in [0.15, 0.2) is 5.82 Å². The summed E-state index contributed by atoms with van der Waals surface area (Å²) < 4.78 is 1.59. The lowest BCUT2D eigenvalue weighted by molar-refractivity contribution is 0.0687. The smallest absolute Gasteiger partial charge is 0.353 e. The molecule has 124 valence electrons. The van der Waals surface area contributed by atoms with Crippen LogP contribution in [0, 0.1) is 11.3 Å². The highest BCUT2D eigenvalue weighted by Crippen LogP contribution is 2.33. The molecule has 0 unspecified atom stereocenters. The standard InChI is InChI=1S/C19H16N4O2/c1-3-15-14(11-20)16(17(19(24)25)23(15)2)12-5-7-13(8-6-12)18-21-9-4-10-22-18/h4-10H,3H2,1-2H3,(H,24,25). The summed E-state index contributed by atoms with van der Waals surface area (Å²) >= 11 is 0. The minimum atomic E-state index is -1.05. The molecule has 1 N–H and O–H groups in total. The molecule has 0 aliphatic heterocycles.